The van der Waals surface area contributed by atoms with Crippen LogP contribution in [-0.4, -0.2) is 11.1 Å². The molecule has 0 saturated carbocycles. The molecule has 2 aromatic rings. The largest absolute Gasteiger partial charge is 0.869 e. The summed E-state index contributed by atoms with van der Waals surface area (Å²) in [6.45, 7) is 0. The highest BCUT2D eigenvalue weighted by Crippen LogP contribution is 2.28. The van der Waals surface area contributed by atoms with E-state index in [-0.39, 0.29) is 0 Å². The van der Waals surface area contributed by atoms with Crippen LogP contribution in [0.5, 0.6) is 5.75 Å². The maximum absolute atomic E-state index is 11.3. The molecular weight excluding hydrogens is 172 g/mol. The molecule has 0 atom stereocenters. The summed E-state index contributed by atoms with van der Waals surface area (Å²) in [6.07, 6.45) is 0. The molecule has 1 heterocycles. The van der Waals surface area contributed by atoms with Gasteiger partial charge in [0.25, 0.3) is 0 Å². The number of carbonyl (C=O) groups is 1. The number of para-hydroxylation sites is 1. The van der Waals surface area contributed by atoms with Gasteiger partial charge in [0.15, 0.2) is 0 Å². The van der Waals surface area contributed by atoms with Crippen LogP contribution in [0.1, 0.15) is 10.6 Å². The fourth-order valence-electron chi connectivity index (χ4n) is 1.16. The van der Waals surface area contributed by atoms with E-state index in [1.54, 1.807) is 18.2 Å². The van der Waals surface area contributed by atoms with Crippen LogP contribution in [0.4, 0.5) is 0 Å². The van der Waals surface area contributed by atoms with Crippen molar-refractivity contribution in [3.8, 4) is 5.75 Å². The minimum absolute atomic E-state index is 0.305. The zero-order chi connectivity index (χ0) is 9.42. The van der Waals surface area contributed by atoms with Gasteiger partial charge in [0.05, 0.1) is 0 Å². The second kappa shape index (κ2) is 2.52. The van der Waals surface area contributed by atoms with Crippen LogP contribution < -0.4 is 5.11 Å². The second-order valence-corrected chi connectivity index (χ2v) is 2.56. The molecule has 4 heteroatoms. The van der Waals surface area contributed by atoms with Gasteiger partial charge in [-0.05, 0) is 11.8 Å². The van der Waals surface area contributed by atoms with E-state index in [9.17, 15) is 9.90 Å². The highest BCUT2D eigenvalue weighted by atomic mass is 16.4. The third-order valence-corrected chi connectivity index (χ3v) is 1.74. The molecule has 13 heavy (non-hydrogen) atoms. The molecular formula is C9H5O4-. The summed E-state index contributed by atoms with van der Waals surface area (Å²) in [7, 11) is 0. The lowest BCUT2D eigenvalue weighted by atomic mass is 10.2. The Bertz CT molecular complexity index is 469. The Balaban J connectivity index is 2.81. The van der Waals surface area contributed by atoms with Crippen molar-refractivity contribution in [1.82, 2.24) is 0 Å². The molecule has 0 spiro atoms. The van der Waals surface area contributed by atoms with E-state index in [1.807, 2.05) is 0 Å². The number of carboxylic acid groups (broad SMARTS) is 1. The molecule has 0 unspecified atom stereocenters. The average molecular weight is 177 g/mol. The summed E-state index contributed by atoms with van der Waals surface area (Å²) in [4.78, 5) is 10.5. The predicted molar refractivity (Wildman–Crippen MR) is 42.6 cm³/mol. The first-order valence-corrected chi connectivity index (χ1v) is 3.62. The third-order valence-electron chi connectivity index (χ3n) is 1.74. The molecule has 0 bridgehead atoms. The lowest BCUT2D eigenvalue weighted by Crippen LogP contribution is -1.99. The first kappa shape index (κ1) is 7.67. The first-order valence-electron chi connectivity index (χ1n) is 3.62. The van der Waals surface area contributed by atoms with Crippen LogP contribution >= 0.6 is 0 Å². The maximum Gasteiger partial charge on any atom is 0.371 e. The maximum atomic E-state index is 11.3. The van der Waals surface area contributed by atoms with Crippen molar-refractivity contribution in [2.24, 2.45) is 0 Å². The number of fused-ring (bicyclic) bond motifs is 1. The summed E-state index contributed by atoms with van der Waals surface area (Å²) in [5.74, 6) is -2.43. The summed E-state index contributed by atoms with van der Waals surface area (Å²) in [6, 6.07) is 6.43. The molecule has 4 nitrogen and oxygen atoms in total. The Morgan fingerprint density at radius 1 is 1.38 bits per heavy atom. The Kier molecular flexibility index (Phi) is 1.48. The summed E-state index contributed by atoms with van der Waals surface area (Å²) in [5.41, 5.74) is 0.310. The number of aromatic carboxylic acids is 1. The molecule has 2 rings (SSSR count). The third kappa shape index (κ3) is 1.03. The lowest BCUT2D eigenvalue weighted by Gasteiger charge is -2.00. The molecule has 0 aliphatic rings. The summed E-state index contributed by atoms with van der Waals surface area (Å²) in [5, 5.41) is 20.2. The van der Waals surface area contributed by atoms with E-state index < -0.39 is 17.5 Å². The second-order valence-electron chi connectivity index (χ2n) is 2.56. The molecule has 0 aliphatic heterocycles. The Morgan fingerprint density at radius 3 is 2.69 bits per heavy atom. The molecule has 66 valence electrons. The molecule has 0 fully saturated rings. The molecule has 1 aromatic carbocycles. The van der Waals surface area contributed by atoms with E-state index >= 15 is 0 Å². The Morgan fingerprint density at radius 2 is 2.08 bits per heavy atom. The lowest BCUT2D eigenvalue weighted by molar-refractivity contribution is -0.267. The fourth-order valence-corrected chi connectivity index (χ4v) is 1.16. The highest BCUT2D eigenvalue weighted by Gasteiger charge is 2.11. The topological polar surface area (TPSA) is 73.5 Å². The number of hydrogen-bond donors (Lipinski definition) is 1. The van der Waals surface area contributed by atoms with Gasteiger partial charge < -0.3 is 14.6 Å². The number of furan rings is 1. The molecule has 0 aliphatic carbocycles. The standard InChI is InChI=1S/C9H6O4/c10-7-5-3-1-2-4-6(5)13-8(7)9(11)12/h1-4,10H,(H,11,12)/p-1. The van der Waals surface area contributed by atoms with E-state index in [0.717, 1.165) is 0 Å². The predicted octanol–water partition coefficient (Wildman–Crippen LogP) is 1.20. The van der Waals surface area contributed by atoms with Gasteiger partial charge in [-0.2, -0.15) is 0 Å². The fraction of sp³-hybridized carbons (Fsp3) is 0. The van der Waals surface area contributed by atoms with Gasteiger partial charge in [-0.15, -0.1) is 0 Å². The van der Waals surface area contributed by atoms with E-state index in [1.165, 1.54) is 6.07 Å². The van der Waals surface area contributed by atoms with Gasteiger partial charge in [0, 0.05) is 5.39 Å². The van der Waals surface area contributed by atoms with E-state index in [2.05, 4.69) is 0 Å². The number of hydrogen-bond acceptors (Lipinski definition) is 3. The normalized spacial score (nSPS) is 10.5. The van der Waals surface area contributed by atoms with Gasteiger partial charge in [-0.25, -0.2) is 4.79 Å². The van der Waals surface area contributed by atoms with E-state index in [4.69, 9.17) is 9.52 Å². The number of benzene rings is 1. The molecule has 1 N–H and O–H groups in total. The van der Waals surface area contributed by atoms with Crippen LogP contribution in [0.2, 0.25) is 0 Å². The van der Waals surface area contributed by atoms with Crippen molar-refractivity contribution < 1.29 is 19.4 Å². The van der Waals surface area contributed by atoms with Gasteiger partial charge in [-0.1, -0.05) is 18.2 Å². The first-order chi connectivity index (χ1) is 6.20. The SMILES string of the molecule is O=C(O)c1oc2ccccc2c1[O-]. The highest BCUT2D eigenvalue weighted by molar-refractivity contribution is 5.97. The van der Waals surface area contributed by atoms with Crippen LogP contribution in [-0.2, 0) is 0 Å². The summed E-state index contributed by atoms with van der Waals surface area (Å²) >= 11 is 0. The van der Waals surface area contributed by atoms with Gasteiger partial charge in [0.2, 0.25) is 5.76 Å². The zero-order valence-corrected chi connectivity index (χ0v) is 6.48. The van der Waals surface area contributed by atoms with Crippen molar-refractivity contribution >= 4 is 16.9 Å². The van der Waals surface area contributed by atoms with Gasteiger partial charge in [0.1, 0.15) is 5.58 Å². The van der Waals surface area contributed by atoms with Crippen LogP contribution in [0.15, 0.2) is 28.7 Å². The zero-order valence-electron chi connectivity index (χ0n) is 6.48. The quantitative estimate of drug-likeness (QED) is 0.710. The van der Waals surface area contributed by atoms with Crippen molar-refractivity contribution in [3.63, 3.8) is 0 Å². The minimum Gasteiger partial charge on any atom is -0.869 e. The molecule has 0 radical (unpaired) electrons. The summed E-state index contributed by atoms with van der Waals surface area (Å²) < 4.78 is 4.85. The molecule has 0 amide bonds. The monoisotopic (exact) mass is 177 g/mol. The molecule has 1 aromatic heterocycles. The van der Waals surface area contributed by atoms with Gasteiger partial charge in [-0.3, -0.25) is 0 Å². The smallest absolute Gasteiger partial charge is 0.371 e. The van der Waals surface area contributed by atoms with Crippen LogP contribution in [0.3, 0.4) is 0 Å². The minimum atomic E-state index is -1.33. The van der Waals surface area contributed by atoms with E-state index in [0.29, 0.717) is 11.0 Å². The van der Waals surface area contributed by atoms with Crippen molar-refractivity contribution in [3.05, 3.63) is 30.0 Å². The van der Waals surface area contributed by atoms with Crippen molar-refractivity contribution in [1.29, 1.82) is 0 Å². The Hall–Kier alpha value is -1.97. The average Bonchev–Trinajstić information content (AvgIpc) is 2.45. The van der Waals surface area contributed by atoms with Crippen molar-refractivity contribution in [2.75, 3.05) is 0 Å². The number of carboxylic acids is 1. The van der Waals surface area contributed by atoms with Gasteiger partial charge >= 0.3 is 5.97 Å². The molecule has 0 saturated heterocycles. The van der Waals surface area contributed by atoms with Crippen molar-refractivity contribution in [2.45, 2.75) is 0 Å². The Labute approximate surface area is 73.0 Å². The van der Waals surface area contributed by atoms with Crippen LogP contribution in [0, 0.1) is 0 Å². The van der Waals surface area contributed by atoms with Crippen LogP contribution in [0.25, 0.3) is 11.0 Å². The number of rotatable bonds is 1.